The van der Waals surface area contributed by atoms with Gasteiger partial charge in [0, 0.05) is 12.4 Å². The highest BCUT2D eigenvalue weighted by Crippen LogP contribution is 2.25. The minimum atomic E-state index is -0.133. The summed E-state index contributed by atoms with van der Waals surface area (Å²) < 4.78 is 0. The number of pyridine rings is 1. The molecule has 1 atom stereocenters. The van der Waals surface area contributed by atoms with E-state index in [1.165, 1.54) is 5.56 Å². The molecule has 0 aliphatic carbocycles. The second kappa shape index (κ2) is 6.85. The third kappa shape index (κ3) is 3.43. The maximum atomic E-state index is 4.92. The molecule has 2 aliphatic heterocycles. The molecule has 3 heterocycles. The summed E-state index contributed by atoms with van der Waals surface area (Å²) in [6.45, 7) is 2.09. The van der Waals surface area contributed by atoms with Crippen molar-refractivity contribution in [3.05, 3.63) is 83.8 Å². The fourth-order valence-electron chi connectivity index (χ4n) is 2.96. The van der Waals surface area contributed by atoms with Crippen LogP contribution in [0.5, 0.6) is 0 Å². The van der Waals surface area contributed by atoms with Gasteiger partial charge >= 0.3 is 0 Å². The van der Waals surface area contributed by atoms with Crippen LogP contribution in [0.1, 0.15) is 35.8 Å². The van der Waals surface area contributed by atoms with Crippen LogP contribution in [0.25, 0.3) is 5.70 Å². The molecule has 4 rings (SSSR count). The van der Waals surface area contributed by atoms with Gasteiger partial charge < -0.3 is 5.32 Å². The van der Waals surface area contributed by atoms with Crippen LogP contribution in [0.2, 0.25) is 0 Å². The van der Waals surface area contributed by atoms with Gasteiger partial charge in [-0.2, -0.15) is 0 Å². The number of allylic oxidation sites excluding steroid dienone is 2. The van der Waals surface area contributed by atoms with Crippen molar-refractivity contribution in [1.82, 2.24) is 10.3 Å². The molecule has 1 unspecified atom stereocenters. The molecule has 25 heavy (non-hydrogen) atoms. The summed E-state index contributed by atoms with van der Waals surface area (Å²) in [6.07, 6.45) is 9.63. The van der Waals surface area contributed by atoms with Crippen LogP contribution in [0.15, 0.2) is 77.0 Å². The lowest BCUT2D eigenvalue weighted by Gasteiger charge is -2.25. The Kier molecular flexibility index (Phi) is 4.25. The number of aliphatic imine (C=N–C) groups is 2. The van der Waals surface area contributed by atoms with Gasteiger partial charge in [-0.3, -0.25) is 15.0 Å². The zero-order chi connectivity index (χ0) is 17.1. The predicted molar refractivity (Wildman–Crippen MR) is 103 cm³/mol. The lowest BCUT2D eigenvalue weighted by Crippen LogP contribution is -2.28. The lowest BCUT2D eigenvalue weighted by atomic mass is 10.0. The average molecular weight is 328 g/mol. The summed E-state index contributed by atoms with van der Waals surface area (Å²) in [5, 5.41) is 3.51. The van der Waals surface area contributed by atoms with Crippen LogP contribution in [-0.4, -0.2) is 16.4 Å². The summed E-state index contributed by atoms with van der Waals surface area (Å²) >= 11 is 0. The van der Waals surface area contributed by atoms with E-state index in [1.807, 2.05) is 30.6 Å². The summed E-state index contributed by atoms with van der Waals surface area (Å²) in [5.74, 6) is 0. The lowest BCUT2D eigenvalue weighted by molar-refractivity contribution is 0.663. The van der Waals surface area contributed by atoms with Crippen molar-refractivity contribution < 1.29 is 0 Å². The first-order chi connectivity index (χ1) is 12.3. The number of nitrogens with one attached hydrogen (secondary N) is 1. The zero-order valence-electron chi connectivity index (χ0n) is 14.2. The molecule has 1 N–H and O–H groups in total. The largest absolute Gasteiger partial charge is 0.358 e. The molecule has 0 fully saturated rings. The van der Waals surface area contributed by atoms with Gasteiger partial charge in [-0.15, -0.1) is 0 Å². The molecule has 0 saturated heterocycles. The van der Waals surface area contributed by atoms with E-state index < -0.39 is 0 Å². The molecule has 0 saturated carbocycles. The Morgan fingerprint density at radius 3 is 2.68 bits per heavy atom. The number of aryl methyl sites for hydroxylation is 1. The molecule has 1 aromatic carbocycles. The summed E-state index contributed by atoms with van der Waals surface area (Å²) in [7, 11) is 0. The Morgan fingerprint density at radius 1 is 1.08 bits per heavy atom. The molecule has 2 aromatic rings. The molecule has 1 aromatic heterocycles. The van der Waals surface area contributed by atoms with Gasteiger partial charge in [0.2, 0.25) is 0 Å². The fraction of sp³-hybridized carbons (Fsp3) is 0.190. The monoisotopic (exact) mass is 328 g/mol. The number of benzene rings is 1. The minimum Gasteiger partial charge on any atom is -0.358 e. The first-order valence-electron chi connectivity index (χ1n) is 8.56. The maximum Gasteiger partial charge on any atom is 0.145 e. The van der Waals surface area contributed by atoms with Crippen LogP contribution in [0, 0.1) is 6.92 Å². The molecule has 4 heteroatoms. The molecule has 0 bridgehead atoms. The standard InChI is InChI=1S/C21H20N4/c1-15-8-10-16(11-9-15)21-24-19(17-6-2-4-12-22-17)14-20(25-21)18-7-3-5-13-23-18/h2,4-6,8-14,21,24H,3,7H2,1H3. The third-order valence-corrected chi connectivity index (χ3v) is 4.35. The van der Waals surface area contributed by atoms with Crippen molar-refractivity contribution in [2.75, 3.05) is 0 Å². The molecular formula is C21H20N4. The van der Waals surface area contributed by atoms with Crippen LogP contribution in [0.4, 0.5) is 0 Å². The zero-order valence-corrected chi connectivity index (χ0v) is 14.2. The number of hydrogen-bond acceptors (Lipinski definition) is 4. The highest BCUT2D eigenvalue weighted by atomic mass is 15.1. The van der Waals surface area contributed by atoms with Gasteiger partial charge in [-0.1, -0.05) is 42.0 Å². The van der Waals surface area contributed by atoms with E-state index in [9.17, 15) is 0 Å². The Morgan fingerprint density at radius 2 is 1.96 bits per heavy atom. The molecule has 2 aliphatic rings. The van der Waals surface area contributed by atoms with E-state index in [1.54, 1.807) is 0 Å². The van der Waals surface area contributed by atoms with Gasteiger partial charge in [-0.25, -0.2) is 0 Å². The fourth-order valence-corrected chi connectivity index (χ4v) is 2.96. The molecule has 0 radical (unpaired) electrons. The Bertz CT molecular complexity index is 874. The van der Waals surface area contributed by atoms with Crippen molar-refractivity contribution in [3.63, 3.8) is 0 Å². The van der Waals surface area contributed by atoms with Crippen LogP contribution in [0.3, 0.4) is 0 Å². The minimum absolute atomic E-state index is 0.133. The van der Waals surface area contributed by atoms with E-state index in [0.29, 0.717) is 0 Å². The number of aromatic nitrogens is 1. The number of rotatable bonds is 3. The Labute approximate surface area is 147 Å². The topological polar surface area (TPSA) is 49.6 Å². The van der Waals surface area contributed by atoms with Gasteiger partial charge in [0.05, 0.1) is 22.8 Å². The Balaban J connectivity index is 1.75. The smallest absolute Gasteiger partial charge is 0.145 e. The number of nitrogens with zero attached hydrogens (tertiary/aromatic N) is 3. The second-order valence-electron chi connectivity index (χ2n) is 6.24. The third-order valence-electron chi connectivity index (χ3n) is 4.35. The van der Waals surface area contributed by atoms with E-state index in [-0.39, 0.29) is 6.17 Å². The van der Waals surface area contributed by atoms with Crippen molar-refractivity contribution in [2.45, 2.75) is 25.9 Å². The van der Waals surface area contributed by atoms with Crippen LogP contribution >= 0.6 is 0 Å². The molecular weight excluding hydrogens is 308 g/mol. The Hall–Kier alpha value is -3.01. The van der Waals surface area contributed by atoms with Crippen molar-refractivity contribution in [1.29, 1.82) is 0 Å². The van der Waals surface area contributed by atoms with E-state index in [2.05, 4.69) is 58.6 Å². The van der Waals surface area contributed by atoms with Crippen molar-refractivity contribution >= 4 is 17.1 Å². The first-order valence-corrected chi connectivity index (χ1v) is 8.56. The quantitative estimate of drug-likeness (QED) is 0.917. The summed E-state index contributed by atoms with van der Waals surface area (Å²) in [6, 6.07) is 14.4. The summed E-state index contributed by atoms with van der Waals surface area (Å²) in [4.78, 5) is 13.9. The second-order valence-corrected chi connectivity index (χ2v) is 6.24. The SMILES string of the molecule is Cc1ccc(C2N=C(C3=NC=CCC3)C=C(c3ccccn3)N2)cc1. The maximum absolute atomic E-state index is 4.92. The van der Waals surface area contributed by atoms with Gasteiger partial charge in [0.25, 0.3) is 0 Å². The number of hydrogen-bond donors (Lipinski definition) is 1. The van der Waals surface area contributed by atoms with Gasteiger partial charge in [0.15, 0.2) is 0 Å². The molecule has 0 spiro atoms. The van der Waals surface area contributed by atoms with E-state index in [0.717, 1.165) is 41.2 Å². The van der Waals surface area contributed by atoms with Crippen molar-refractivity contribution in [2.24, 2.45) is 9.98 Å². The van der Waals surface area contributed by atoms with E-state index in [4.69, 9.17) is 4.99 Å². The highest BCUT2D eigenvalue weighted by molar-refractivity contribution is 6.48. The van der Waals surface area contributed by atoms with Crippen LogP contribution < -0.4 is 5.32 Å². The average Bonchev–Trinajstić information content (AvgIpc) is 2.69. The van der Waals surface area contributed by atoms with Gasteiger partial charge in [0.1, 0.15) is 6.17 Å². The molecule has 0 amide bonds. The molecule has 124 valence electrons. The predicted octanol–water partition coefficient (Wildman–Crippen LogP) is 4.22. The summed E-state index contributed by atoms with van der Waals surface area (Å²) in [5.41, 5.74) is 6.25. The highest BCUT2D eigenvalue weighted by Gasteiger charge is 2.21. The van der Waals surface area contributed by atoms with Crippen LogP contribution in [-0.2, 0) is 0 Å². The van der Waals surface area contributed by atoms with E-state index >= 15 is 0 Å². The van der Waals surface area contributed by atoms with Gasteiger partial charge in [-0.05, 0) is 43.5 Å². The van der Waals surface area contributed by atoms with Crippen molar-refractivity contribution in [3.8, 4) is 0 Å². The first kappa shape index (κ1) is 15.5. The molecule has 4 nitrogen and oxygen atoms in total. The normalized spacial score (nSPS) is 19.6.